The molecule has 1 aromatic carbocycles. The van der Waals surface area contributed by atoms with E-state index in [-0.39, 0.29) is 6.61 Å². The van der Waals surface area contributed by atoms with Crippen molar-refractivity contribution >= 4 is 23.2 Å². The molecule has 1 saturated heterocycles. The molecule has 0 unspecified atom stereocenters. The first-order valence-corrected chi connectivity index (χ1v) is 6.22. The Morgan fingerprint density at radius 3 is 3.05 bits per heavy atom. The molecule has 0 bridgehead atoms. The summed E-state index contributed by atoms with van der Waals surface area (Å²) in [6.07, 6.45) is 1.65. The molecule has 0 spiro atoms. The van der Waals surface area contributed by atoms with Crippen LogP contribution in [0.15, 0.2) is 18.5 Å². The van der Waals surface area contributed by atoms with Gasteiger partial charge < -0.3 is 19.4 Å². The molecule has 1 fully saturated rings. The number of carbonyl (C=O) groups is 1. The van der Waals surface area contributed by atoms with Crippen molar-refractivity contribution in [3.63, 3.8) is 0 Å². The van der Waals surface area contributed by atoms with Crippen molar-refractivity contribution in [2.24, 2.45) is 0 Å². The SMILES string of the molecule is O=COCc1cc(N2CCOCC2)cc2[nH]cnc12. The average molecular weight is 261 g/mol. The van der Waals surface area contributed by atoms with E-state index >= 15 is 0 Å². The second-order valence-electron chi connectivity index (χ2n) is 4.41. The summed E-state index contributed by atoms with van der Waals surface area (Å²) < 4.78 is 10.2. The quantitative estimate of drug-likeness (QED) is 0.834. The zero-order valence-electron chi connectivity index (χ0n) is 10.5. The highest BCUT2D eigenvalue weighted by Gasteiger charge is 2.14. The van der Waals surface area contributed by atoms with E-state index in [1.807, 2.05) is 6.07 Å². The fourth-order valence-corrected chi connectivity index (χ4v) is 2.34. The summed E-state index contributed by atoms with van der Waals surface area (Å²) in [7, 11) is 0. The predicted molar refractivity (Wildman–Crippen MR) is 70.0 cm³/mol. The summed E-state index contributed by atoms with van der Waals surface area (Å²) in [5.41, 5.74) is 3.81. The number of aromatic nitrogens is 2. The highest BCUT2D eigenvalue weighted by molar-refractivity contribution is 5.83. The lowest BCUT2D eigenvalue weighted by Gasteiger charge is -2.29. The number of carbonyl (C=O) groups excluding carboxylic acids is 1. The normalized spacial score (nSPS) is 15.7. The van der Waals surface area contributed by atoms with Gasteiger partial charge in [0.2, 0.25) is 0 Å². The van der Waals surface area contributed by atoms with E-state index in [4.69, 9.17) is 9.47 Å². The maximum absolute atomic E-state index is 10.4. The van der Waals surface area contributed by atoms with Gasteiger partial charge in [0.25, 0.3) is 6.47 Å². The van der Waals surface area contributed by atoms with Crippen LogP contribution in [0.3, 0.4) is 0 Å². The minimum Gasteiger partial charge on any atom is -0.463 e. The monoisotopic (exact) mass is 261 g/mol. The van der Waals surface area contributed by atoms with Crippen LogP contribution in [0.2, 0.25) is 0 Å². The number of morpholine rings is 1. The number of nitrogens with zero attached hydrogens (tertiary/aromatic N) is 2. The highest BCUT2D eigenvalue weighted by atomic mass is 16.5. The van der Waals surface area contributed by atoms with Gasteiger partial charge >= 0.3 is 0 Å². The molecule has 1 aliphatic heterocycles. The van der Waals surface area contributed by atoms with Gasteiger partial charge in [-0.2, -0.15) is 0 Å². The van der Waals surface area contributed by atoms with E-state index < -0.39 is 0 Å². The Hall–Kier alpha value is -2.08. The van der Waals surface area contributed by atoms with Crippen molar-refractivity contribution in [3.05, 3.63) is 24.0 Å². The average Bonchev–Trinajstić information content (AvgIpc) is 2.94. The Balaban J connectivity index is 1.97. The molecule has 1 N–H and O–H groups in total. The standard InChI is InChI=1S/C13H15N3O3/c17-9-19-7-10-5-11(16-1-3-18-4-2-16)6-12-13(10)15-8-14-12/h5-6,8-9H,1-4,7H2,(H,14,15). The number of imidazole rings is 1. The number of H-pyrrole nitrogens is 1. The van der Waals surface area contributed by atoms with Crippen molar-refractivity contribution < 1.29 is 14.3 Å². The second-order valence-corrected chi connectivity index (χ2v) is 4.41. The van der Waals surface area contributed by atoms with E-state index in [1.165, 1.54) is 0 Å². The van der Waals surface area contributed by atoms with E-state index in [2.05, 4.69) is 20.9 Å². The number of rotatable bonds is 4. The van der Waals surface area contributed by atoms with Crippen LogP contribution in [-0.4, -0.2) is 42.7 Å². The van der Waals surface area contributed by atoms with Crippen LogP contribution in [0.4, 0.5) is 5.69 Å². The van der Waals surface area contributed by atoms with Gasteiger partial charge in [0.1, 0.15) is 6.61 Å². The maximum atomic E-state index is 10.4. The largest absolute Gasteiger partial charge is 0.463 e. The van der Waals surface area contributed by atoms with Gasteiger partial charge in [-0.05, 0) is 12.1 Å². The van der Waals surface area contributed by atoms with Gasteiger partial charge in [0.15, 0.2) is 0 Å². The molecule has 6 heteroatoms. The first-order valence-electron chi connectivity index (χ1n) is 6.22. The summed E-state index contributed by atoms with van der Waals surface area (Å²) in [6, 6.07) is 4.09. The zero-order chi connectivity index (χ0) is 13.1. The Kier molecular flexibility index (Phi) is 3.33. The molecule has 3 rings (SSSR count). The van der Waals surface area contributed by atoms with Crippen molar-refractivity contribution in [1.82, 2.24) is 9.97 Å². The minimum atomic E-state index is 0.239. The van der Waals surface area contributed by atoms with Gasteiger partial charge in [-0.15, -0.1) is 0 Å². The van der Waals surface area contributed by atoms with Gasteiger partial charge in [0, 0.05) is 24.3 Å². The van der Waals surface area contributed by atoms with Gasteiger partial charge in [-0.3, -0.25) is 4.79 Å². The Bertz CT molecular complexity index is 576. The highest BCUT2D eigenvalue weighted by Crippen LogP contribution is 2.25. The van der Waals surface area contributed by atoms with Gasteiger partial charge in [0.05, 0.1) is 30.6 Å². The predicted octanol–water partition coefficient (Wildman–Crippen LogP) is 1.07. The molecule has 2 aromatic rings. The first kappa shape index (κ1) is 12.0. The third-order valence-corrected chi connectivity index (χ3v) is 3.27. The van der Waals surface area contributed by atoms with E-state index in [1.54, 1.807) is 6.33 Å². The van der Waals surface area contributed by atoms with Crippen molar-refractivity contribution in [2.75, 3.05) is 31.2 Å². The number of ether oxygens (including phenoxy) is 2. The van der Waals surface area contributed by atoms with Crippen LogP contribution in [0.5, 0.6) is 0 Å². The van der Waals surface area contributed by atoms with Gasteiger partial charge in [-0.1, -0.05) is 0 Å². The van der Waals surface area contributed by atoms with E-state index in [9.17, 15) is 4.79 Å². The second kappa shape index (κ2) is 5.27. The third-order valence-electron chi connectivity index (χ3n) is 3.27. The molecule has 0 atom stereocenters. The molecule has 0 aliphatic carbocycles. The van der Waals surface area contributed by atoms with Crippen molar-refractivity contribution in [1.29, 1.82) is 0 Å². The third kappa shape index (κ3) is 2.39. The molecule has 2 heterocycles. The summed E-state index contributed by atoms with van der Waals surface area (Å²) in [6.45, 7) is 3.91. The maximum Gasteiger partial charge on any atom is 0.293 e. The van der Waals surface area contributed by atoms with Crippen LogP contribution in [0.1, 0.15) is 5.56 Å². The molecule has 0 amide bonds. The number of fused-ring (bicyclic) bond motifs is 1. The molecule has 0 saturated carbocycles. The fourth-order valence-electron chi connectivity index (χ4n) is 2.34. The lowest BCUT2D eigenvalue weighted by atomic mass is 10.1. The summed E-state index contributed by atoms with van der Waals surface area (Å²) in [5.74, 6) is 0. The van der Waals surface area contributed by atoms with E-state index in [0.717, 1.165) is 48.6 Å². The molecular weight excluding hydrogens is 246 g/mol. The number of hydrogen-bond donors (Lipinski definition) is 1. The Labute approximate surface area is 110 Å². The summed E-state index contributed by atoms with van der Waals surface area (Å²) in [5, 5.41) is 0. The molecular formula is C13H15N3O3. The number of hydrogen-bond acceptors (Lipinski definition) is 5. The van der Waals surface area contributed by atoms with E-state index in [0.29, 0.717) is 6.47 Å². The van der Waals surface area contributed by atoms with Crippen molar-refractivity contribution in [2.45, 2.75) is 6.61 Å². The lowest BCUT2D eigenvalue weighted by molar-refractivity contribution is -0.129. The molecule has 0 radical (unpaired) electrons. The Morgan fingerprint density at radius 2 is 2.26 bits per heavy atom. The van der Waals surface area contributed by atoms with Crippen LogP contribution < -0.4 is 4.90 Å². The Morgan fingerprint density at radius 1 is 1.42 bits per heavy atom. The van der Waals surface area contributed by atoms with Crippen LogP contribution >= 0.6 is 0 Å². The van der Waals surface area contributed by atoms with Gasteiger partial charge in [-0.25, -0.2) is 4.98 Å². The molecule has 100 valence electrons. The molecule has 1 aliphatic rings. The number of aromatic amines is 1. The van der Waals surface area contributed by atoms with Crippen LogP contribution in [0.25, 0.3) is 11.0 Å². The smallest absolute Gasteiger partial charge is 0.293 e. The number of benzene rings is 1. The summed E-state index contributed by atoms with van der Waals surface area (Å²) in [4.78, 5) is 20.0. The fraction of sp³-hybridized carbons (Fsp3) is 0.385. The van der Waals surface area contributed by atoms with Crippen LogP contribution in [0, 0.1) is 0 Å². The first-order chi connectivity index (χ1) is 9.38. The topological polar surface area (TPSA) is 67.4 Å². The minimum absolute atomic E-state index is 0.239. The molecule has 19 heavy (non-hydrogen) atoms. The summed E-state index contributed by atoms with van der Waals surface area (Å²) >= 11 is 0. The van der Waals surface area contributed by atoms with Crippen molar-refractivity contribution in [3.8, 4) is 0 Å². The lowest BCUT2D eigenvalue weighted by Crippen LogP contribution is -2.36. The number of anilines is 1. The van der Waals surface area contributed by atoms with Crippen LogP contribution in [-0.2, 0) is 20.9 Å². The molecule has 6 nitrogen and oxygen atoms in total. The number of nitrogens with one attached hydrogen (secondary N) is 1. The molecule has 1 aromatic heterocycles. The zero-order valence-corrected chi connectivity index (χ0v) is 10.5.